The molecule has 0 bridgehead atoms. The van der Waals surface area contributed by atoms with E-state index in [1.165, 1.54) is 11.3 Å². The Kier molecular flexibility index (Phi) is 11.1. The fourth-order valence-electron chi connectivity index (χ4n) is 5.15. The van der Waals surface area contributed by atoms with Gasteiger partial charge in [-0.3, -0.25) is 0 Å². The molecule has 1 aliphatic rings. The van der Waals surface area contributed by atoms with Crippen LogP contribution >= 0.6 is 18.5 Å². The molecule has 1 atom stereocenters. The number of β-amino-alcohol motifs (C(OH)–C–C–N with tert-alkyl or cyclic N) is 1. The first-order valence-corrected chi connectivity index (χ1v) is 17.7. The van der Waals surface area contributed by atoms with Crippen molar-refractivity contribution in [2.75, 3.05) is 63.4 Å². The highest BCUT2D eigenvalue weighted by Gasteiger charge is 2.31. The number of fused-ring (bicyclic) bond motifs is 1. The van der Waals surface area contributed by atoms with Gasteiger partial charge in [0.05, 0.1) is 46.6 Å². The van der Waals surface area contributed by atoms with Gasteiger partial charge >= 0.3 is 6.18 Å². The highest BCUT2D eigenvalue weighted by molar-refractivity contribution is 7.70. The summed E-state index contributed by atoms with van der Waals surface area (Å²) in [5.41, 5.74) is 1.56. The average molecular weight is 638 g/mol. The van der Waals surface area contributed by atoms with Crippen LogP contribution in [0.3, 0.4) is 0 Å². The molecule has 0 saturated carbocycles. The quantitative estimate of drug-likeness (QED) is 0.167. The van der Waals surface area contributed by atoms with Crippen molar-refractivity contribution in [2.24, 2.45) is 0 Å². The summed E-state index contributed by atoms with van der Waals surface area (Å²) in [6, 6.07) is 10.7. The van der Waals surface area contributed by atoms with Gasteiger partial charge in [-0.05, 0) is 68.3 Å². The van der Waals surface area contributed by atoms with Crippen molar-refractivity contribution in [1.29, 1.82) is 0 Å². The van der Waals surface area contributed by atoms with Gasteiger partial charge in [0, 0.05) is 31.0 Å². The number of benzene rings is 2. The standard InChI is InChI=1S/C31H39F3N3O4PS/c1-21(39)20-37-14-11-22(12-15-37)36-27-7-4-6-24-25(19-31(32,33)34)29(43-30(24)27)8-5-13-35-26-10-9-23(42(2,3)40)18-28(26)41-17-16-38/h4,6-7,9-10,18,21-22,35-36,38-39H,11-17,19-20H2,1-3H3. The Morgan fingerprint density at radius 3 is 2.58 bits per heavy atom. The molecule has 2 heterocycles. The van der Waals surface area contributed by atoms with E-state index in [0.717, 1.165) is 36.3 Å². The van der Waals surface area contributed by atoms with Crippen LogP contribution in [-0.2, 0) is 11.0 Å². The Morgan fingerprint density at radius 2 is 1.93 bits per heavy atom. The first-order valence-electron chi connectivity index (χ1n) is 14.3. The predicted octanol–water partition coefficient (Wildman–Crippen LogP) is 5.35. The minimum Gasteiger partial charge on any atom is -0.489 e. The molecular weight excluding hydrogens is 598 g/mol. The van der Waals surface area contributed by atoms with Crippen molar-refractivity contribution in [3.8, 4) is 17.6 Å². The number of ether oxygens (including phenoxy) is 1. The van der Waals surface area contributed by atoms with Crippen molar-refractivity contribution in [3.05, 3.63) is 46.8 Å². The van der Waals surface area contributed by atoms with Crippen molar-refractivity contribution in [2.45, 2.75) is 44.5 Å². The number of likely N-dealkylation sites (tertiary alicyclic amines) is 1. The molecule has 234 valence electrons. The van der Waals surface area contributed by atoms with Crippen LogP contribution in [0.1, 0.15) is 30.2 Å². The summed E-state index contributed by atoms with van der Waals surface area (Å²) in [5.74, 6) is 6.35. The van der Waals surface area contributed by atoms with Gasteiger partial charge in [-0.1, -0.05) is 24.0 Å². The summed E-state index contributed by atoms with van der Waals surface area (Å²) >= 11 is 1.26. The number of piperidine rings is 1. The van der Waals surface area contributed by atoms with Gasteiger partial charge in [0.1, 0.15) is 19.5 Å². The second-order valence-corrected chi connectivity index (χ2v) is 15.4. The number of aliphatic hydroxyl groups is 2. The van der Waals surface area contributed by atoms with E-state index in [0.29, 0.717) is 33.5 Å². The van der Waals surface area contributed by atoms with Crippen LogP contribution in [0.4, 0.5) is 24.5 Å². The van der Waals surface area contributed by atoms with Crippen molar-refractivity contribution in [1.82, 2.24) is 4.90 Å². The van der Waals surface area contributed by atoms with E-state index in [9.17, 15) is 27.9 Å². The number of halogens is 3. The number of rotatable bonds is 11. The van der Waals surface area contributed by atoms with Crippen molar-refractivity contribution in [3.63, 3.8) is 0 Å². The Bertz CT molecular complexity index is 1500. The summed E-state index contributed by atoms with van der Waals surface area (Å²) in [5, 5.41) is 26.7. The van der Waals surface area contributed by atoms with Gasteiger partial charge in [-0.2, -0.15) is 13.2 Å². The van der Waals surface area contributed by atoms with E-state index in [4.69, 9.17) is 4.74 Å². The second kappa shape index (κ2) is 14.4. The van der Waals surface area contributed by atoms with E-state index in [2.05, 4.69) is 27.4 Å². The zero-order valence-electron chi connectivity index (χ0n) is 24.6. The number of nitrogens with one attached hydrogen (secondary N) is 2. The lowest BCUT2D eigenvalue weighted by atomic mass is 10.0. The molecule has 1 fully saturated rings. The predicted molar refractivity (Wildman–Crippen MR) is 170 cm³/mol. The summed E-state index contributed by atoms with van der Waals surface area (Å²) < 4.78 is 59.9. The summed E-state index contributed by atoms with van der Waals surface area (Å²) in [7, 11) is -2.54. The molecule has 7 nitrogen and oxygen atoms in total. The van der Waals surface area contributed by atoms with Gasteiger partial charge < -0.3 is 35.0 Å². The summed E-state index contributed by atoms with van der Waals surface area (Å²) in [6.07, 6.45) is -4.09. The molecule has 4 rings (SSSR count). The molecule has 4 N–H and O–H groups in total. The fraction of sp³-hybridized carbons (Fsp3) is 0.484. The molecule has 43 heavy (non-hydrogen) atoms. The van der Waals surface area contributed by atoms with Gasteiger partial charge in [-0.15, -0.1) is 11.3 Å². The molecule has 2 aromatic carbocycles. The monoisotopic (exact) mass is 637 g/mol. The number of anilines is 2. The third-order valence-electron chi connectivity index (χ3n) is 7.17. The number of aliphatic hydroxyl groups excluding tert-OH is 2. The van der Waals surface area contributed by atoms with Crippen LogP contribution in [0.15, 0.2) is 36.4 Å². The largest absolute Gasteiger partial charge is 0.489 e. The summed E-state index contributed by atoms with van der Waals surface area (Å²) in [6.45, 7) is 7.42. The topological polar surface area (TPSA) is 94.1 Å². The molecule has 0 aliphatic carbocycles. The maximum Gasteiger partial charge on any atom is 0.393 e. The lowest BCUT2D eigenvalue weighted by molar-refractivity contribution is -0.126. The van der Waals surface area contributed by atoms with Crippen molar-refractivity contribution >= 4 is 45.2 Å². The lowest BCUT2D eigenvalue weighted by Crippen LogP contribution is -2.41. The molecule has 1 aromatic heterocycles. The lowest BCUT2D eigenvalue weighted by Gasteiger charge is -2.33. The van der Waals surface area contributed by atoms with E-state index in [1.54, 1.807) is 50.6 Å². The highest BCUT2D eigenvalue weighted by Crippen LogP contribution is 2.40. The highest BCUT2D eigenvalue weighted by atomic mass is 32.1. The van der Waals surface area contributed by atoms with E-state index in [1.807, 2.05) is 6.07 Å². The number of alkyl halides is 3. The normalized spacial score (nSPS) is 15.6. The van der Waals surface area contributed by atoms with E-state index >= 15 is 0 Å². The van der Waals surface area contributed by atoms with Gasteiger partial charge in [0.25, 0.3) is 0 Å². The number of hydrogen-bond acceptors (Lipinski definition) is 8. The van der Waals surface area contributed by atoms with Crippen LogP contribution in [0.25, 0.3) is 10.1 Å². The van der Waals surface area contributed by atoms with Gasteiger partial charge in [-0.25, -0.2) is 0 Å². The minimum absolute atomic E-state index is 0.0570. The van der Waals surface area contributed by atoms with Crippen LogP contribution in [0.2, 0.25) is 0 Å². The molecular formula is C31H39F3N3O4PS. The smallest absolute Gasteiger partial charge is 0.393 e. The zero-order chi connectivity index (χ0) is 31.2. The minimum atomic E-state index is -4.39. The molecule has 3 aromatic rings. The Labute approximate surface area is 254 Å². The molecule has 0 amide bonds. The Hall–Kier alpha value is -2.74. The molecule has 0 spiro atoms. The van der Waals surface area contributed by atoms with E-state index in [-0.39, 0.29) is 37.5 Å². The first kappa shape index (κ1) is 33.2. The maximum atomic E-state index is 13.7. The zero-order valence-corrected chi connectivity index (χ0v) is 26.3. The summed E-state index contributed by atoms with van der Waals surface area (Å²) in [4.78, 5) is 2.60. The third-order valence-corrected chi connectivity index (χ3v) is 9.89. The maximum absolute atomic E-state index is 13.7. The molecule has 12 heteroatoms. The first-order chi connectivity index (χ1) is 20.3. The average Bonchev–Trinajstić information content (AvgIpc) is 3.27. The fourth-order valence-corrected chi connectivity index (χ4v) is 7.18. The molecule has 1 aliphatic heterocycles. The van der Waals surface area contributed by atoms with E-state index < -0.39 is 19.7 Å². The molecule has 1 saturated heterocycles. The second-order valence-electron chi connectivity index (χ2n) is 11.2. The molecule has 1 unspecified atom stereocenters. The van der Waals surface area contributed by atoms with Gasteiger partial charge in [0.2, 0.25) is 0 Å². The third kappa shape index (κ3) is 9.37. The SMILES string of the molecule is CC(O)CN1CCC(Nc2cccc3c(CC(F)(F)F)c(C#CCNc4ccc(P(C)(C)=O)cc4OCCO)sc23)CC1. The van der Waals surface area contributed by atoms with Gasteiger partial charge in [0.15, 0.2) is 0 Å². The molecule has 0 radical (unpaired) electrons. The van der Waals surface area contributed by atoms with Crippen LogP contribution in [0, 0.1) is 11.8 Å². The Morgan fingerprint density at radius 1 is 1.19 bits per heavy atom. The number of nitrogens with zero attached hydrogens (tertiary/aromatic N) is 1. The van der Waals surface area contributed by atoms with Crippen molar-refractivity contribution < 1.29 is 32.7 Å². The number of thiophene rings is 1. The van der Waals surface area contributed by atoms with Crippen LogP contribution in [0.5, 0.6) is 5.75 Å². The Balaban J connectivity index is 1.55. The van der Waals surface area contributed by atoms with Crippen LogP contribution < -0.4 is 20.7 Å². The number of hydrogen-bond donors (Lipinski definition) is 4. The van der Waals surface area contributed by atoms with Crippen LogP contribution in [-0.4, -0.2) is 86.2 Å².